The highest BCUT2D eigenvalue weighted by atomic mass is 35.5. The van der Waals surface area contributed by atoms with E-state index in [0.29, 0.717) is 23.0 Å². The van der Waals surface area contributed by atoms with Gasteiger partial charge >= 0.3 is 0 Å². The van der Waals surface area contributed by atoms with Crippen LogP contribution in [0.5, 0.6) is 0 Å². The first kappa shape index (κ1) is 13.2. The molecular formula is C14H12ClN3O. The number of aromatic nitrogens is 1. The summed E-state index contributed by atoms with van der Waals surface area (Å²) in [6.07, 6.45) is 0. The summed E-state index contributed by atoms with van der Waals surface area (Å²) >= 11 is 6.01. The van der Waals surface area contributed by atoms with Gasteiger partial charge in [0.2, 0.25) is 0 Å². The Morgan fingerprint density at radius 3 is 2.74 bits per heavy atom. The summed E-state index contributed by atoms with van der Waals surface area (Å²) in [5.41, 5.74) is 1.75. The number of amides is 1. The Balaban J connectivity index is 2.08. The normalized spacial score (nSPS) is 9.95. The molecule has 96 valence electrons. The van der Waals surface area contributed by atoms with E-state index >= 15 is 0 Å². The SMILES string of the molecule is Cn1c(C#N)ccc1C(=O)NCc1ccccc1Cl. The lowest BCUT2D eigenvalue weighted by Gasteiger charge is -2.07. The van der Waals surface area contributed by atoms with Crippen molar-refractivity contribution >= 4 is 17.5 Å². The van der Waals surface area contributed by atoms with Gasteiger partial charge in [0.25, 0.3) is 5.91 Å². The number of rotatable bonds is 3. The van der Waals surface area contributed by atoms with Gasteiger partial charge in [-0.15, -0.1) is 0 Å². The molecule has 1 aromatic carbocycles. The van der Waals surface area contributed by atoms with Gasteiger partial charge in [-0.25, -0.2) is 0 Å². The van der Waals surface area contributed by atoms with Crippen LogP contribution in [0.15, 0.2) is 36.4 Å². The molecule has 0 aliphatic rings. The van der Waals surface area contributed by atoms with E-state index in [-0.39, 0.29) is 5.91 Å². The molecule has 1 N–H and O–H groups in total. The highest BCUT2D eigenvalue weighted by Crippen LogP contribution is 2.14. The number of hydrogen-bond donors (Lipinski definition) is 1. The zero-order valence-corrected chi connectivity index (χ0v) is 11.1. The Kier molecular flexibility index (Phi) is 3.88. The Labute approximate surface area is 116 Å². The maximum Gasteiger partial charge on any atom is 0.268 e. The van der Waals surface area contributed by atoms with Crippen LogP contribution in [-0.2, 0) is 13.6 Å². The molecule has 0 fully saturated rings. The summed E-state index contributed by atoms with van der Waals surface area (Å²) in [4.78, 5) is 12.0. The minimum Gasteiger partial charge on any atom is -0.347 e. The molecule has 19 heavy (non-hydrogen) atoms. The van der Waals surface area contributed by atoms with Gasteiger partial charge in [-0.2, -0.15) is 5.26 Å². The van der Waals surface area contributed by atoms with Gasteiger partial charge in [0.1, 0.15) is 17.5 Å². The number of nitrogens with one attached hydrogen (secondary N) is 1. The van der Waals surface area contributed by atoms with Gasteiger partial charge in [0.15, 0.2) is 0 Å². The average molecular weight is 274 g/mol. The smallest absolute Gasteiger partial charge is 0.268 e. The molecule has 4 nitrogen and oxygen atoms in total. The molecule has 0 aliphatic carbocycles. The highest BCUT2D eigenvalue weighted by Gasteiger charge is 2.12. The molecule has 1 amide bonds. The van der Waals surface area contributed by atoms with Crippen LogP contribution in [0, 0.1) is 11.3 Å². The van der Waals surface area contributed by atoms with Crippen molar-refractivity contribution in [1.29, 1.82) is 5.26 Å². The zero-order valence-electron chi connectivity index (χ0n) is 10.4. The topological polar surface area (TPSA) is 57.8 Å². The molecule has 1 aromatic heterocycles. The lowest BCUT2D eigenvalue weighted by Crippen LogP contribution is -2.25. The van der Waals surface area contributed by atoms with Crippen LogP contribution < -0.4 is 5.32 Å². The number of carbonyl (C=O) groups is 1. The third kappa shape index (κ3) is 2.78. The first-order valence-electron chi connectivity index (χ1n) is 5.71. The summed E-state index contributed by atoms with van der Waals surface area (Å²) in [6.45, 7) is 0.353. The van der Waals surface area contributed by atoms with Crippen molar-refractivity contribution in [2.24, 2.45) is 7.05 Å². The Bertz CT molecular complexity index is 655. The van der Waals surface area contributed by atoms with E-state index < -0.39 is 0 Å². The second kappa shape index (κ2) is 5.59. The minimum atomic E-state index is -0.232. The van der Waals surface area contributed by atoms with E-state index in [1.165, 1.54) is 0 Å². The molecule has 2 aromatic rings. The predicted octanol–water partition coefficient (Wildman–Crippen LogP) is 2.48. The fraction of sp³-hybridized carbons (Fsp3) is 0.143. The third-order valence-electron chi connectivity index (χ3n) is 2.87. The molecule has 0 radical (unpaired) electrons. The molecule has 0 aliphatic heterocycles. The van der Waals surface area contributed by atoms with Gasteiger partial charge in [-0.05, 0) is 23.8 Å². The number of benzene rings is 1. The van der Waals surface area contributed by atoms with Crippen LogP contribution in [0.2, 0.25) is 5.02 Å². The van der Waals surface area contributed by atoms with E-state index in [9.17, 15) is 4.79 Å². The Morgan fingerprint density at radius 2 is 2.11 bits per heavy atom. The van der Waals surface area contributed by atoms with Gasteiger partial charge in [0, 0.05) is 18.6 Å². The van der Waals surface area contributed by atoms with E-state index in [0.717, 1.165) is 5.56 Å². The van der Waals surface area contributed by atoms with Crippen molar-refractivity contribution in [2.45, 2.75) is 6.54 Å². The summed E-state index contributed by atoms with van der Waals surface area (Å²) < 4.78 is 1.56. The lowest BCUT2D eigenvalue weighted by atomic mass is 10.2. The molecule has 0 unspecified atom stereocenters. The van der Waals surface area contributed by atoms with Crippen molar-refractivity contribution < 1.29 is 4.79 Å². The maximum atomic E-state index is 12.0. The lowest BCUT2D eigenvalue weighted by molar-refractivity contribution is 0.0942. The minimum absolute atomic E-state index is 0.232. The molecule has 0 bridgehead atoms. The number of carbonyl (C=O) groups excluding carboxylic acids is 1. The van der Waals surface area contributed by atoms with Crippen molar-refractivity contribution in [3.8, 4) is 6.07 Å². The third-order valence-corrected chi connectivity index (χ3v) is 3.23. The molecule has 2 rings (SSSR count). The first-order valence-corrected chi connectivity index (χ1v) is 6.08. The van der Waals surface area contributed by atoms with Crippen molar-refractivity contribution in [3.05, 3.63) is 58.4 Å². The van der Waals surface area contributed by atoms with E-state index in [4.69, 9.17) is 16.9 Å². The molecular weight excluding hydrogens is 262 g/mol. The fourth-order valence-corrected chi connectivity index (χ4v) is 1.96. The van der Waals surface area contributed by atoms with Gasteiger partial charge in [-0.3, -0.25) is 4.79 Å². The molecule has 0 saturated heterocycles. The van der Waals surface area contributed by atoms with Crippen LogP contribution in [-0.4, -0.2) is 10.5 Å². The number of hydrogen-bond acceptors (Lipinski definition) is 2. The quantitative estimate of drug-likeness (QED) is 0.934. The van der Waals surface area contributed by atoms with E-state index in [1.54, 1.807) is 29.8 Å². The highest BCUT2D eigenvalue weighted by molar-refractivity contribution is 6.31. The molecule has 0 spiro atoms. The number of nitriles is 1. The van der Waals surface area contributed by atoms with E-state index in [1.807, 2.05) is 24.3 Å². The van der Waals surface area contributed by atoms with E-state index in [2.05, 4.69) is 5.32 Å². The number of halogens is 1. The fourth-order valence-electron chi connectivity index (χ4n) is 1.76. The van der Waals surface area contributed by atoms with Crippen molar-refractivity contribution in [3.63, 3.8) is 0 Å². The molecule has 5 heteroatoms. The number of nitrogens with zero attached hydrogens (tertiary/aromatic N) is 2. The van der Waals surface area contributed by atoms with Crippen molar-refractivity contribution in [2.75, 3.05) is 0 Å². The van der Waals surface area contributed by atoms with Gasteiger partial charge in [-0.1, -0.05) is 29.8 Å². The maximum absolute atomic E-state index is 12.0. The summed E-state index contributed by atoms with van der Waals surface area (Å²) in [5.74, 6) is -0.232. The summed E-state index contributed by atoms with van der Waals surface area (Å²) in [7, 11) is 1.68. The summed E-state index contributed by atoms with van der Waals surface area (Å²) in [6, 6.07) is 12.6. The molecule has 1 heterocycles. The largest absolute Gasteiger partial charge is 0.347 e. The second-order valence-electron chi connectivity index (χ2n) is 4.05. The molecule has 0 saturated carbocycles. The van der Waals surface area contributed by atoms with Gasteiger partial charge in [0.05, 0.1) is 0 Å². The second-order valence-corrected chi connectivity index (χ2v) is 4.46. The summed E-state index contributed by atoms with van der Waals surface area (Å²) in [5, 5.41) is 12.2. The Hall–Kier alpha value is -2.25. The van der Waals surface area contributed by atoms with Crippen LogP contribution in [0.4, 0.5) is 0 Å². The predicted molar refractivity (Wildman–Crippen MR) is 72.8 cm³/mol. The monoisotopic (exact) mass is 273 g/mol. The standard InChI is InChI=1S/C14H12ClN3O/c1-18-11(8-16)6-7-13(18)14(19)17-9-10-4-2-3-5-12(10)15/h2-7H,9H2,1H3,(H,17,19). The zero-order chi connectivity index (χ0) is 13.8. The van der Waals surface area contributed by atoms with Crippen molar-refractivity contribution in [1.82, 2.24) is 9.88 Å². The van der Waals surface area contributed by atoms with Gasteiger partial charge < -0.3 is 9.88 Å². The Morgan fingerprint density at radius 1 is 1.37 bits per heavy atom. The van der Waals surface area contributed by atoms with Crippen LogP contribution in [0.25, 0.3) is 0 Å². The molecule has 0 atom stereocenters. The van der Waals surface area contributed by atoms with Crippen LogP contribution in [0.1, 0.15) is 21.7 Å². The van der Waals surface area contributed by atoms with Crippen LogP contribution in [0.3, 0.4) is 0 Å². The first-order chi connectivity index (χ1) is 9.13. The van der Waals surface area contributed by atoms with Crippen LogP contribution >= 0.6 is 11.6 Å². The average Bonchev–Trinajstić information content (AvgIpc) is 2.78.